The van der Waals surface area contributed by atoms with Gasteiger partial charge in [-0.15, -0.1) is 0 Å². The first-order chi connectivity index (χ1) is 9.21. The normalized spacial score (nSPS) is 10.6. The summed E-state index contributed by atoms with van der Waals surface area (Å²) in [5.74, 6) is 0.113. The molecule has 20 heavy (non-hydrogen) atoms. The van der Waals surface area contributed by atoms with Gasteiger partial charge < -0.3 is 20.4 Å². The second-order valence-corrected chi connectivity index (χ2v) is 5.44. The summed E-state index contributed by atoms with van der Waals surface area (Å²) in [5.41, 5.74) is 0.630. The van der Waals surface area contributed by atoms with Crippen molar-refractivity contribution in [3.63, 3.8) is 0 Å². The van der Waals surface area contributed by atoms with E-state index in [1.165, 1.54) is 24.3 Å². The molecule has 0 unspecified atom stereocenters. The van der Waals surface area contributed by atoms with Crippen LogP contribution in [0.3, 0.4) is 0 Å². The van der Waals surface area contributed by atoms with E-state index in [2.05, 4.69) is 0 Å². The molecule has 0 aliphatic heterocycles. The van der Waals surface area contributed by atoms with Crippen molar-refractivity contribution < 1.29 is 20.4 Å². The first-order valence-corrected chi connectivity index (χ1v) is 6.21. The number of hydrogen-bond donors (Lipinski definition) is 4. The quantitative estimate of drug-likeness (QED) is 0.555. The van der Waals surface area contributed by atoms with E-state index < -0.39 is 0 Å². The summed E-state index contributed by atoms with van der Waals surface area (Å²) in [6.07, 6.45) is 0. The van der Waals surface area contributed by atoms with Crippen LogP contribution >= 0.6 is 0 Å². The number of hydrogen-bond acceptors (Lipinski definition) is 4. The Morgan fingerprint density at radius 1 is 0.750 bits per heavy atom. The molecule has 0 aliphatic carbocycles. The molecule has 0 aliphatic rings. The maximum absolute atomic E-state index is 9.48. The van der Waals surface area contributed by atoms with Gasteiger partial charge in [0.05, 0.1) is 0 Å². The third kappa shape index (κ3) is 4.39. The topological polar surface area (TPSA) is 80.9 Å². The van der Waals surface area contributed by atoms with Crippen molar-refractivity contribution in [2.45, 2.75) is 26.2 Å². The van der Waals surface area contributed by atoms with Crippen LogP contribution in [0.2, 0.25) is 0 Å². The molecule has 0 saturated carbocycles. The van der Waals surface area contributed by atoms with Gasteiger partial charge in [0.25, 0.3) is 0 Å². The van der Waals surface area contributed by atoms with Crippen molar-refractivity contribution in [1.29, 1.82) is 0 Å². The predicted molar refractivity (Wildman–Crippen MR) is 78.2 cm³/mol. The molecule has 4 heteroatoms. The lowest BCUT2D eigenvalue weighted by Crippen LogP contribution is -2.10. The number of rotatable bonds is 0. The van der Waals surface area contributed by atoms with Crippen molar-refractivity contribution in [2.75, 3.05) is 0 Å². The minimum Gasteiger partial charge on any atom is -0.508 e. The van der Waals surface area contributed by atoms with E-state index in [-0.39, 0.29) is 28.4 Å². The summed E-state index contributed by atoms with van der Waals surface area (Å²) in [6.45, 7) is 5.96. The van der Waals surface area contributed by atoms with Crippen molar-refractivity contribution >= 4 is 0 Å². The molecule has 0 heterocycles. The lowest BCUT2D eigenvalue weighted by Gasteiger charge is -2.20. The van der Waals surface area contributed by atoms with Crippen LogP contribution in [0, 0.1) is 0 Å². The molecule has 2 aromatic rings. The highest BCUT2D eigenvalue weighted by molar-refractivity contribution is 5.47. The molecular weight excluding hydrogens is 256 g/mol. The fraction of sp³-hybridized carbons (Fsp3) is 0.250. The summed E-state index contributed by atoms with van der Waals surface area (Å²) in [4.78, 5) is 0. The zero-order chi connectivity index (χ0) is 15.3. The van der Waals surface area contributed by atoms with Crippen molar-refractivity contribution in [1.82, 2.24) is 0 Å². The highest BCUT2D eigenvalue weighted by Crippen LogP contribution is 2.36. The second kappa shape index (κ2) is 6.19. The number of phenolic OH excluding ortho intramolecular Hbond substituents is 4. The van der Waals surface area contributed by atoms with Crippen molar-refractivity contribution in [3.05, 3.63) is 48.0 Å². The summed E-state index contributed by atoms with van der Waals surface area (Å²) in [7, 11) is 0. The van der Waals surface area contributed by atoms with Crippen LogP contribution in [-0.4, -0.2) is 20.4 Å². The van der Waals surface area contributed by atoms with E-state index in [0.29, 0.717) is 0 Å². The average molecular weight is 276 g/mol. The van der Waals surface area contributed by atoms with Gasteiger partial charge in [0.1, 0.15) is 11.5 Å². The van der Waals surface area contributed by atoms with Crippen LogP contribution in [-0.2, 0) is 5.41 Å². The van der Waals surface area contributed by atoms with E-state index in [9.17, 15) is 10.2 Å². The Hall–Kier alpha value is -2.36. The molecule has 4 nitrogen and oxygen atoms in total. The molecule has 0 aromatic heterocycles. The van der Waals surface area contributed by atoms with E-state index >= 15 is 0 Å². The molecule has 4 N–H and O–H groups in total. The molecule has 0 fully saturated rings. The molecule has 0 amide bonds. The minimum absolute atomic E-state index is 0.00926. The molecule has 0 radical (unpaired) electrons. The maximum atomic E-state index is 9.48. The Morgan fingerprint density at radius 3 is 1.60 bits per heavy atom. The Bertz CT molecular complexity index is 554. The molecule has 0 saturated heterocycles. The Morgan fingerprint density at radius 2 is 1.25 bits per heavy atom. The molecule has 2 rings (SSSR count). The van der Waals surface area contributed by atoms with E-state index in [4.69, 9.17) is 10.2 Å². The largest absolute Gasteiger partial charge is 0.508 e. The van der Waals surface area contributed by atoms with E-state index in [1.807, 2.05) is 26.8 Å². The zero-order valence-electron chi connectivity index (χ0n) is 11.8. The number of aromatic hydroxyl groups is 4. The third-order valence-electron chi connectivity index (χ3n) is 2.65. The van der Waals surface area contributed by atoms with Crippen LogP contribution in [0.15, 0.2) is 42.5 Å². The Kier molecular flexibility index (Phi) is 4.86. The van der Waals surface area contributed by atoms with Crippen LogP contribution in [0.5, 0.6) is 23.0 Å². The number of phenols is 4. The number of benzene rings is 2. The molecule has 0 bridgehead atoms. The fourth-order valence-electron chi connectivity index (χ4n) is 1.63. The van der Waals surface area contributed by atoms with Gasteiger partial charge in [-0.2, -0.15) is 0 Å². The van der Waals surface area contributed by atoms with Gasteiger partial charge >= 0.3 is 0 Å². The van der Waals surface area contributed by atoms with Gasteiger partial charge in [-0.05, 0) is 23.6 Å². The van der Waals surface area contributed by atoms with Crippen LogP contribution in [0.25, 0.3) is 0 Å². The zero-order valence-corrected chi connectivity index (χ0v) is 11.8. The minimum atomic E-state index is -0.136. The second-order valence-electron chi connectivity index (χ2n) is 5.44. The fourth-order valence-corrected chi connectivity index (χ4v) is 1.63. The smallest absolute Gasteiger partial charge is 0.161 e. The molecule has 2 aromatic carbocycles. The summed E-state index contributed by atoms with van der Waals surface area (Å²) < 4.78 is 0. The van der Waals surface area contributed by atoms with Crippen LogP contribution < -0.4 is 0 Å². The van der Waals surface area contributed by atoms with Crippen LogP contribution in [0.1, 0.15) is 26.3 Å². The average Bonchev–Trinajstić information content (AvgIpc) is 2.31. The van der Waals surface area contributed by atoms with Gasteiger partial charge in [-0.3, -0.25) is 0 Å². The predicted octanol–water partition coefficient (Wildman–Crippen LogP) is 3.49. The SMILES string of the molecule is CC(C)(C)c1cccc(O)c1O.Oc1cccc(O)c1. The van der Waals surface area contributed by atoms with Gasteiger partial charge in [0.15, 0.2) is 11.5 Å². The van der Waals surface area contributed by atoms with Gasteiger partial charge in [0, 0.05) is 11.6 Å². The first-order valence-electron chi connectivity index (χ1n) is 6.21. The Labute approximate surface area is 118 Å². The maximum Gasteiger partial charge on any atom is 0.161 e. The van der Waals surface area contributed by atoms with Crippen LogP contribution in [0.4, 0.5) is 0 Å². The standard InChI is InChI=1S/C10H14O2.C6H6O2/c1-10(2,3)7-5-4-6-8(11)9(7)12;7-5-2-1-3-6(8)4-5/h4-6,11-12H,1-3H3;1-4,7-8H. The third-order valence-corrected chi connectivity index (χ3v) is 2.65. The summed E-state index contributed by atoms with van der Waals surface area (Å²) in [6, 6.07) is 10.9. The van der Waals surface area contributed by atoms with E-state index in [1.54, 1.807) is 12.1 Å². The lowest BCUT2D eigenvalue weighted by atomic mass is 9.86. The molecule has 108 valence electrons. The highest BCUT2D eigenvalue weighted by atomic mass is 16.3. The lowest BCUT2D eigenvalue weighted by molar-refractivity contribution is 0.389. The van der Waals surface area contributed by atoms with Gasteiger partial charge in [-0.25, -0.2) is 0 Å². The van der Waals surface area contributed by atoms with Gasteiger partial charge in [-0.1, -0.05) is 39.0 Å². The Balaban J connectivity index is 0.000000217. The summed E-state index contributed by atoms with van der Waals surface area (Å²) >= 11 is 0. The highest BCUT2D eigenvalue weighted by Gasteiger charge is 2.19. The monoisotopic (exact) mass is 276 g/mol. The van der Waals surface area contributed by atoms with Crippen molar-refractivity contribution in [3.8, 4) is 23.0 Å². The molecule has 0 spiro atoms. The van der Waals surface area contributed by atoms with E-state index in [0.717, 1.165) is 5.56 Å². The van der Waals surface area contributed by atoms with Crippen molar-refractivity contribution in [2.24, 2.45) is 0 Å². The first kappa shape index (κ1) is 15.7. The molecule has 0 atom stereocenters. The summed E-state index contributed by atoms with van der Waals surface area (Å²) in [5, 5.41) is 36.0. The molecular formula is C16H20O4. The van der Waals surface area contributed by atoms with Gasteiger partial charge in [0.2, 0.25) is 0 Å². The number of para-hydroxylation sites is 1.